The smallest absolute Gasteiger partial charge is 0.222 e. The largest absolute Gasteiger partial charge is 0.497 e. The van der Waals surface area contributed by atoms with Crippen LogP contribution >= 0.6 is 0 Å². The maximum Gasteiger partial charge on any atom is 0.222 e. The zero-order valence-corrected chi connectivity index (χ0v) is 11.1. The molecule has 1 unspecified atom stereocenters. The van der Waals surface area contributed by atoms with E-state index in [9.17, 15) is 4.79 Å². The molecule has 104 valence electrons. The van der Waals surface area contributed by atoms with E-state index in [4.69, 9.17) is 9.47 Å². The number of benzene rings is 1. The monoisotopic (exact) mass is 264 g/mol. The zero-order valence-electron chi connectivity index (χ0n) is 11.1. The van der Waals surface area contributed by atoms with Gasteiger partial charge in [0.1, 0.15) is 5.75 Å². The molecule has 5 heteroatoms. The Kier molecular flexibility index (Phi) is 5.18. The minimum Gasteiger partial charge on any atom is -0.497 e. The Balaban J connectivity index is 1.76. The van der Waals surface area contributed by atoms with Crippen molar-refractivity contribution in [3.63, 3.8) is 0 Å². The van der Waals surface area contributed by atoms with Crippen LogP contribution in [0.3, 0.4) is 0 Å². The number of rotatable bonds is 5. The highest BCUT2D eigenvalue weighted by molar-refractivity contribution is 5.76. The molecular weight excluding hydrogens is 244 g/mol. The molecular formula is C14H20N2O3. The summed E-state index contributed by atoms with van der Waals surface area (Å²) in [6.07, 6.45) is 0.385. The van der Waals surface area contributed by atoms with E-state index in [2.05, 4.69) is 10.6 Å². The molecule has 1 heterocycles. The topological polar surface area (TPSA) is 59.6 Å². The van der Waals surface area contributed by atoms with Crippen molar-refractivity contribution in [3.05, 3.63) is 29.8 Å². The van der Waals surface area contributed by atoms with Gasteiger partial charge in [0.25, 0.3) is 0 Å². The predicted molar refractivity (Wildman–Crippen MR) is 72.1 cm³/mol. The summed E-state index contributed by atoms with van der Waals surface area (Å²) in [5, 5.41) is 6.10. The van der Waals surface area contributed by atoms with Gasteiger partial charge in [0.15, 0.2) is 0 Å². The maximum absolute atomic E-state index is 11.8. The van der Waals surface area contributed by atoms with Crippen LogP contribution in [0.4, 0.5) is 0 Å². The van der Waals surface area contributed by atoms with Crippen LogP contribution in [0.5, 0.6) is 5.75 Å². The van der Waals surface area contributed by atoms with Gasteiger partial charge in [0, 0.05) is 19.6 Å². The highest BCUT2D eigenvalue weighted by atomic mass is 16.5. The second-order valence-corrected chi connectivity index (χ2v) is 4.53. The third-order valence-corrected chi connectivity index (χ3v) is 3.04. The lowest BCUT2D eigenvalue weighted by atomic mass is 10.2. The van der Waals surface area contributed by atoms with Gasteiger partial charge in [-0.25, -0.2) is 0 Å². The molecule has 1 saturated heterocycles. The fraction of sp³-hybridized carbons (Fsp3) is 0.500. The molecule has 1 fully saturated rings. The van der Waals surface area contributed by atoms with E-state index < -0.39 is 0 Å². The van der Waals surface area contributed by atoms with Gasteiger partial charge < -0.3 is 20.1 Å². The number of hydrogen-bond donors (Lipinski definition) is 2. The van der Waals surface area contributed by atoms with E-state index in [1.54, 1.807) is 7.11 Å². The van der Waals surface area contributed by atoms with E-state index >= 15 is 0 Å². The van der Waals surface area contributed by atoms with Crippen LogP contribution in [0.25, 0.3) is 0 Å². The summed E-state index contributed by atoms with van der Waals surface area (Å²) in [5.41, 5.74) is 1.02. The molecule has 2 N–H and O–H groups in total. The number of amides is 1. The third-order valence-electron chi connectivity index (χ3n) is 3.04. The molecule has 1 amide bonds. The summed E-state index contributed by atoms with van der Waals surface area (Å²) in [7, 11) is 1.63. The molecule has 0 aromatic heterocycles. The molecule has 2 rings (SSSR count). The van der Waals surface area contributed by atoms with Crippen molar-refractivity contribution in [1.82, 2.24) is 10.6 Å². The fourth-order valence-corrected chi connectivity index (χ4v) is 2.01. The highest BCUT2D eigenvalue weighted by Crippen LogP contribution is 2.12. The summed E-state index contributed by atoms with van der Waals surface area (Å²) in [6, 6.07) is 7.67. The second kappa shape index (κ2) is 7.11. The van der Waals surface area contributed by atoms with Gasteiger partial charge in [-0.2, -0.15) is 0 Å². The molecule has 5 nitrogen and oxygen atoms in total. The molecule has 1 aromatic rings. The molecule has 0 bridgehead atoms. The van der Waals surface area contributed by atoms with E-state index in [1.165, 1.54) is 0 Å². The summed E-state index contributed by atoms with van der Waals surface area (Å²) >= 11 is 0. The number of carbonyl (C=O) groups is 1. The van der Waals surface area contributed by atoms with Crippen LogP contribution in [-0.2, 0) is 16.1 Å². The molecule has 0 spiro atoms. The molecule has 19 heavy (non-hydrogen) atoms. The first-order valence-electron chi connectivity index (χ1n) is 6.50. The minimum absolute atomic E-state index is 0.0107. The van der Waals surface area contributed by atoms with Crippen LogP contribution in [0.15, 0.2) is 24.3 Å². The average molecular weight is 264 g/mol. The standard InChI is InChI=1S/C14H20N2O3/c1-18-12-4-2-3-11(7-12)9-16-14(17)8-13-10-15-5-6-19-13/h2-4,7,13,15H,5-6,8-10H2,1H3,(H,16,17). The first kappa shape index (κ1) is 13.8. The predicted octanol–water partition coefficient (Wildman–Crippen LogP) is 0.690. The van der Waals surface area contributed by atoms with E-state index in [0.717, 1.165) is 24.4 Å². The first-order valence-corrected chi connectivity index (χ1v) is 6.50. The van der Waals surface area contributed by atoms with Crippen molar-refractivity contribution in [2.75, 3.05) is 26.8 Å². The number of ether oxygens (including phenoxy) is 2. The summed E-state index contributed by atoms with van der Waals surface area (Å²) in [4.78, 5) is 11.8. The molecule has 1 atom stereocenters. The molecule has 1 aromatic carbocycles. The quantitative estimate of drug-likeness (QED) is 0.821. The number of hydrogen-bond acceptors (Lipinski definition) is 4. The average Bonchev–Trinajstić information content (AvgIpc) is 2.46. The Morgan fingerprint density at radius 1 is 1.58 bits per heavy atom. The normalized spacial score (nSPS) is 18.9. The minimum atomic E-state index is -0.0148. The zero-order chi connectivity index (χ0) is 13.5. The molecule has 0 saturated carbocycles. The third kappa shape index (κ3) is 4.54. The summed E-state index contributed by atoms with van der Waals surface area (Å²) in [6.45, 7) is 2.79. The van der Waals surface area contributed by atoms with Crippen molar-refractivity contribution in [1.29, 1.82) is 0 Å². The van der Waals surface area contributed by atoms with Gasteiger partial charge in [-0.15, -0.1) is 0 Å². The Labute approximate surface area is 113 Å². The van der Waals surface area contributed by atoms with Crippen molar-refractivity contribution >= 4 is 5.91 Å². The van der Waals surface area contributed by atoms with Crippen molar-refractivity contribution in [2.24, 2.45) is 0 Å². The maximum atomic E-state index is 11.8. The molecule has 0 aliphatic carbocycles. The van der Waals surface area contributed by atoms with Gasteiger partial charge in [-0.3, -0.25) is 4.79 Å². The number of carbonyl (C=O) groups excluding carboxylic acids is 1. The lowest BCUT2D eigenvalue weighted by Crippen LogP contribution is -2.41. The summed E-state index contributed by atoms with van der Waals surface area (Å²) in [5.74, 6) is 0.808. The lowest BCUT2D eigenvalue weighted by Gasteiger charge is -2.23. The van der Waals surface area contributed by atoms with Gasteiger partial charge in [0.05, 0.1) is 26.2 Å². The molecule has 0 radical (unpaired) electrons. The van der Waals surface area contributed by atoms with Crippen LogP contribution in [-0.4, -0.2) is 38.8 Å². The Hall–Kier alpha value is -1.59. The Morgan fingerprint density at radius 2 is 2.47 bits per heavy atom. The second-order valence-electron chi connectivity index (χ2n) is 4.53. The SMILES string of the molecule is COc1cccc(CNC(=O)CC2CNCCO2)c1. The van der Waals surface area contributed by atoms with E-state index in [-0.39, 0.29) is 12.0 Å². The van der Waals surface area contributed by atoms with Crippen molar-refractivity contribution in [2.45, 2.75) is 19.1 Å². The van der Waals surface area contributed by atoms with Crippen molar-refractivity contribution in [3.8, 4) is 5.75 Å². The fourth-order valence-electron chi connectivity index (χ4n) is 2.01. The number of nitrogens with one attached hydrogen (secondary N) is 2. The van der Waals surface area contributed by atoms with Gasteiger partial charge in [0.2, 0.25) is 5.91 Å². The van der Waals surface area contributed by atoms with Crippen LogP contribution in [0.1, 0.15) is 12.0 Å². The molecule has 1 aliphatic heterocycles. The summed E-state index contributed by atoms with van der Waals surface area (Å²) < 4.78 is 10.6. The number of methoxy groups -OCH3 is 1. The van der Waals surface area contributed by atoms with E-state index in [1.807, 2.05) is 24.3 Å². The van der Waals surface area contributed by atoms with Crippen LogP contribution in [0.2, 0.25) is 0 Å². The highest BCUT2D eigenvalue weighted by Gasteiger charge is 2.16. The van der Waals surface area contributed by atoms with Crippen LogP contribution < -0.4 is 15.4 Å². The molecule has 1 aliphatic rings. The Morgan fingerprint density at radius 3 is 3.21 bits per heavy atom. The van der Waals surface area contributed by atoms with Gasteiger partial charge >= 0.3 is 0 Å². The number of morpholine rings is 1. The van der Waals surface area contributed by atoms with Gasteiger partial charge in [-0.1, -0.05) is 12.1 Å². The van der Waals surface area contributed by atoms with Gasteiger partial charge in [-0.05, 0) is 17.7 Å². The van der Waals surface area contributed by atoms with E-state index in [0.29, 0.717) is 19.6 Å². The first-order chi connectivity index (χ1) is 9.28. The Bertz CT molecular complexity index is 417. The van der Waals surface area contributed by atoms with Crippen molar-refractivity contribution < 1.29 is 14.3 Å². The van der Waals surface area contributed by atoms with Crippen LogP contribution in [0, 0.1) is 0 Å². The lowest BCUT2D eigenvalue weighted by molar-refractivity contribution is -0.124.